The molecule has 0 aliphatic heterocycles. The van der Waals surface area contributed by atoms with Crippen LogP contribution in [-0.2, 0) is 14.9 Å². The second-order valence-corrected chi connectivity index (χ2v) is 27.4. The number of hydrogen-bond acceptors (Lipinski definition) is 12. The summed E-state index contributed by atoms with van der Waals surface area (Å²) in [6.45, 7) is 19.7. The van der Waals surface area contributed by atoms with Crippen LogP contribution in [-0.4, -0.2) is 217 Å². The first-order chi connectivity index (χ1) is 39.4. The quantitative estimate of drug-likeness (QED) is 0.0173. The SMILES string of the molecule is CCCCCCCCC(O)CN(CCC(=O)NCC[N+](C)(C)CCCS(=O)(=O)O)CCN(CCN(CC(O)CCCCCCCC)CC(O)CCCCCCCC)CCN(CC(O)CCCCCCCC)CC(O)CCCCCCCC. The van der Waals surface area contributed by atoms with Crippen molar-refractivity contribution in [3.05, 3.63) is 0 Å². The molecule has 0 radical (unpaired) electrons. The molecule has 0 saturated carbocycles. The average molecular weight is 1190 g/mol. The predicted octanol–water partition coefficient (Wildman–Crippen LogP) is 11.6. The summed E-state index contributed by atoms with van der Waals surface area (Å²) in [5.41, 5.74) is 0. The van der Waals surface area contributed by atoms with Crippen molar-refractivity contribution in [3.63, 3.8) is 0 Å². The van der Waals surface area contributed by atoms with Gasteiger partial charge in [-0.25, -0.2) is 0 Å². The molecule has 0 spiro atoms. The third-order valence-electron chi connectivity index (χ3n) is 16.9. The first-order valence-corrected chi connectivity index (χ1v) is 36.3. The number of quaternary nitrogens is 1. The highest BCUT2D eigenvalue weighted by molar-refractivity contribution is 7.85. The van der Waals surface area contributed by atoms with Gasteiger partial charge >= 0.3 is 0 Å². The van der Waals surface area contributed by atoms with Gasteiger partial charge in [-0.15, -0.1) is 0 Å². The maximum atomic E-state index is 13.5. The van der Waals surface area contributed by atoms with Gasteiger partial charge in [0, 0.05) is 91.4 Å². The summed E-state index contributed by atoms with van der Waals surface area (Å²) < 4.78 is 32.4. The molecule has 5 atom stereocenters. The van der Waals surface area contributed by atoms with Crippen molar-refractivity contribution in [2.45, 2.75) is 303 Å². The second kappa shape index (κ2) is 55.3. The van der Waals surface area contributed by atoms with Crippen LogP contribution in [0.2, 0.25) is 0 Å². The summed E-state index contributed by atoms with van der Waals surface area (Å²) in [6.07, 6.45) is 36.7. The number of hydrogen-bond donors (Lipinski definition) is 7. The van der Waals surface area contributed by atoms with E-state index in [-0.39, 0.29) is 18.1 Å². The minimum Gasteiger partial charge on any atom is -0.392 e. The number of aliphatic hydroxyl groups is 5. The Morgan fingerprint density at radius 2 is 0.646 bits per heavy atom. The van der Waals surface area contributed by atoms with Crippen LogP contribution in [0.15, 0.2) is 0 Å². The van der Waals surface area contributed by atoms with Crippen molar-refractivity contribution in [3.8, 4) is 0 Å². The number of aliphatic hydroxyl groups excluding tert-OH is 5. The van der Waals surface area contributed by atoms with Gasteiger partial charge in [0.25, 0.3) is 10.1 Å². The van der Waals surface area contributed by atoms with Crippen LogP contribution in [0.25, 0.3) is 0 Å². The van der Waals surface area contributed by atoms with E-state index < -0.39 is 40.6 Å². The summed E-state index contributed by atoms with van der Waals surface area (Å²) >= 11 is 0. The van der Waals surface area contributed by atoms with Crippen molar-refractivity contribution in [2.24, 2.45) is 0 Å². The molecule has 0 heterocycles. The average Bonchev–Trinajstić information content (AvgIpc) is 3.42. The Balaban J connectivity index is 6.74. The van der Waals surface area contributed by atoms with Crippen molar-refractivity contribution in [1.82, 2.24) is 24.9 Å². The molecule has 0 fully saturated rings. The Hall–Kier alpha value is -1.02. The number of unbranched alkanes of at least 4 members (excludes halogenated alkanes) is 25. The molecule has 15 nitrogen and oxygen atoms in total. The largest absolute Gasteiger partial charge is 0.392 e. The molecular weight excluding hydrogens is 1050 g/mol. The molecule has 0 aliphatic rings. The van der Waals surface area contributed by atoms with Gasteiger partial charge in [0.2, 0.25) is 5.91 Å². The molecule has 0 aliphatic carbocycles. The van der Waals surface area contributed by atoms with Crippen molar-refractivity contribution >= 4 is 16.0 Å². The fraction of sp³-hybridized carbons (Fsp3) is 0.985. The summed E-state index contributed by atoms with van der Waals surface area (Å²) in [6, 6.07) is 0. The normalized spacial score (nSPS) is 14.4. The van der Waals surface area contributed by atoms with Crippen LogP contribution in [0.5, 0.6) is 0 Å². The smallest absolute Gasteiger partial charge is 0.265 e. The number of likely N-dealkylation sites (N-methyl/N-ethyl adjacent to an activating group) is 1. The van der Waals surface area contributed by atoms with Gasteiger partial charge < -0.3 is 35.3 Å². The molecule has 0 saturated heterocycles. The molecule has 0 aromatic carbocycles. The number of carbonyl (C=O) groups excluding carboxylic acids is 1. The standard InChI is InChI=1S/C66H138N6O9S/c1-8-13-18-23-28-33-39-61(73)56-69(46-44-66(78)67-45-54-72(6,7)53-38-55-82(79,80)81)50-47-68(48-51-70(57-62(74)40-34-29-24-19-14-9-2)58-63(75)41-35-30-25-20-15-10-3)49-52-71(59-64(76)42-36-31-26-21-16-11-4)60-65(77)43-37-32-27-22-17-12-5/h61-65,73-77H,8-60H2,1-7H3,(H-,67,78,79,80,81)/p+1. The molecule has 0 aromatic rings. The van der Waals surface area contributed by atoms with Crippen molar-refractivity contribution in [1.29, 1.82) is 0 Å². The van der Waals surface area contributed by atoms with E-state index in [4.69, 9.17) is 0 Å². The molecule has 7 N–H and O–H groups in total. The number of amides is 1. The van der Waals surface area contributed by atoms with E-state index in [1.165, 1.54) is 128 Å². The zero-order chi connectivity index (χ0) is 61.0. The Bertz CT molecular complexity index is 1400. The van der Waals surface area contributed by atoms with E-state index in [2.05, 4.69) is 59.5 Å². The van der Waals surface area contributed by atoms with Gasteiger partial charge in [0.15, 0.2) is 0 Å². The van der Waals surface area contributed by atoms with E-state index >= 15 is 0 Å². The third kappa shape index (κ3) is 54.4. The van der Waals surface area contributed by atoms with Gasteiger partial charge in [-0.3, -0.25) is 28.9 Å². The Labute approximate surface area is 507 Å². The summed E-state index contributed by atoms with van der Waals surface area (Å²) in [4.78, 5) is 22.7. The van der Waals surface area contributed by atoms with E-state index in [9.17, 15) is 43.3 Å². The third-order valence-corrected chi connectivity index (χ3v) is 17.7. The maximum absolute atomic E-state index is 13.5. The van der Waals surface area contributed by atoms with E-state index in [1.807, 2.05) is 14.1 Å². The Morgan fingerprint density at radius 1 is 0.378 bits per heavy atom. The molecule has 0 rings (SSSR count). The number of nitrogens with zero attached hydrogens (tertiary/aromatic N) is 5. The topological polar surface area (TPSA) is 198 Å². The molecule has 16 heteroatoms. The zero-order valence-electron chi connectivity index (χ0n) is 54.9. The van der Waals surface area contributed by atoms with E-state index in [0.717, 1.165) is 89.9 Å². The first kappa shape index (κ1) is 81.0. The van der Waals surface area contributed by atoms with Crippen LogP contribution < -0.4 is 5.32 Å². The highest BCUT2D eigenvalue weighted by Crippen LogP contribution is 2.17. The lowest BCUT2D eigenvalue weighted by atomic mass is 10.1. The molecule has 82 heavy (non-hydrogen) atoms. The van der Waals surface area contributed by atoms with Crippen LogP contribution in [0.1, 0.15) is 272 Å². The van der Waals surface area contributed by atoms with Crippen molar-refractivity contribution < 1.29 is 47.8 Å². The van der Waals surface area contributed by atoms with Gasteiger partial charge in [-0.2, -0.15) is 8.42 Å². The lowest BCUT2D eigenvalue weighted by Crippen LogP contribution is -2.48. The zero-order valence-corrected chi connectivity index (χ0v) is 55.7. The highest BCUT2D eigenvalue weighted by Gasteiger charge is 2.23. The molecule has 0 aromatic heterocycles. The maximum Gasteiger partial charge on any atom is 0.265 e. The monoisotopic (exact) mass is 1190 g/mol. The number of nitrogens with one attached hydrogen (secondary N) is 1. The summed E-state index contributed by atoms with van der Waals surface area (Å²) in [5, 5.41) is 60.7. The predicted molar refractivity (Wildman–Crippen MR) is 346 cm³/mol. The Kier molecular flexibility index (Phi) is 54.6. The van der Waals surface area contributed by atoms with Crippen LogP contribution >= 0.6 is 0 Å². The lowest BCUT2D eigenvalue weighted by Gasteiger charge is -2.34. The van der Waals surface area contributed by atoms with E-state index in [0.29, 0.717) is 115 Å². The molecule has 492 valence electrons. The van der Waals surface area contributed by atoms with Gasteiger partial charge in [-0.05, 0) is 32.1 Å². The number of rotatable bonds is 64. The van der Waals surface area contributed by atoms with Gasteiger partial charge in [-0.1, -0.05) is 227 Å². The second-order valence-electron chi connectivity index (χ2n) is 25.8. The minimum atomic E-state index is -4.03. The first-order valence-electron chi connectivity index (χ1n) is 34.7. The van der Waals surface area contributed by atoms with Crippen LogP contribution in [0, 0.1) is 0 Å². The fourth-order valence-corrected chi connectivity index (χ4v) is 11.9. The summed E-state index contributed by atoms with van der Waals surface area (Å²) in [5.74, 6) is -0.361. The van der Waals surface area contributed by atoms with Crippen molar-refractivity contribution in [2.75, 3.05) is 118 Å². The highest BCUT2D eigenvalue weighted by atomic mass is 32.2. The minimum absolute atomic E-state index is 0.0745. The lowest BCUT2D eigenvalue weighted by molar-refractivity contribution is -0.889. The van der Waals surface area contributed by atoms with Gasteiger partial charge in [0.1, 0.15) is 0 Å². The van der Waals surface area contributed by atoms with E-state index in [1.54, 1.807) is 0 Å². The fourth-order valence-electron chi connectivity index (χ4n) is 11.4. The van der Waals surface area contributed by atoms with Crippen LogP contribution in [0.3, 0.4) is 0 Å². The molecule has 0 bridgehead atoms. The Morgan fingerprint density at radius 3 is 0.951 bits per heavy atom. The molecule has 1 amide bonds. The number of carbonyl (C=O) groups is 1. The molecule has 5 unspecified atom stereocenters. The van der Waals surface area contributed by atoms with Crippen LogP contribution in [0.4, 0.5) is 0 Å². The molecular formula is C66H139N6O9S+. The van der Waals surface area contributed by atoms with Gasteiger partial charge in [0.05, 0.1) is 70.0 Å². The summed E-state index contributed by atoms with van der Waals surface area (Å²) in [7, 11) is -0.0532.